The molecule has 2 aromatic rings. The molecule has 0 radical (unpaired) electrons. The van der Waals surface area contributed by atoms with Crippen LogP contribution in [-0.4, -0.2) is 37.5 Å². The van der Waals surface area contributed by atoms with Crippen LogP contribution in [0.5, 0.6) is 0 Å². The highest BCUT2D eigenvalue weighted by molar-refractivity contribution is 5.96. The molecule has 2 N–H and O–H groups in total. The molecule has 0 aliphatic carbocycles. The van der Waals surface area contributed by atoms with Gasteiger partial charge in [-0.2, -0.15) is 0 Å². The smallest absolute Gasteiger partial charge is 0.328 e. The zero-order valence-corrected chi connectivity index (χ0v) is 15.1. The Balaban J connectivity index is 1.87. The largest absolute Gasteiger partial charge is 0.467 e. The Morgan fingerprint density at radius 2 is 1.63 bits per heavy atom. The van der Waals surface area contributed by atoms with Gasteiger partial charge in [0.2, 0.25) is 5.91 Å². The van der Waals surface area contributed by atoms with Gasteiger partial charge in [0.15, 0.2) is 0 Å². The normalized spacial score (nSPS) is 11.6. The first kappa shape index (κ1) is 19.9. The fraction of sp³-hybridized carbons (Fsp3) is 0.190. The average Bonchev–Trinajstić information content (AvgIpc) is 2.72. The first-order valence-electron chi connectivity index (χ1n) is 8.52. The van der Waals surface area contributed by atoms with E-state index >= 15 is 0 Å². The van der Waals surface area contributed by atoms with Gasteiger partial charge in [0.1, 0.15) is 6.04 Å². The quantitative estimate of drug-likeness (QED) is 0.702. The van der Waals surface area contributed by atoms with Crippen LogP contribution < -0.4 is 10.6 Å². The summed E-state index contributed by atoms with van der Waals surface area (Å²) in [6.45, 7) is -0.233. The number of esters is 1. The van der Waals surface area contributed by atoms with Crippen LogP contribution in [0.25, 0.3) is 6.08 Å². The van der Waals surface area contributed by atoms with Crippen molar-refractivity contribution < 1.29 is 19.1 Å². The molecular weight excluding hydrogens is 344 g/mol. The molecule has 0 aliphatic heterocycles. The van der Waals surface area contributed by atoms with Crippen molar-refractivity contribution in [3.8, 4) is 0 Å². The standard InChI is InChI=1S/C21H22N2O4/c1-27-21(26)18(14-8-11-16-9-4-2-5-10-16)23-19(24)15-22-20(25)17-12-6-3-7-13-17/h2-13,18H,14-15H2,1H3,(H,22,25)(H,23,24)/b11-8+/t18-/m0/s1. The lowest BCUT2D eigenvalue weighted by molar-refractivity contribution is -0.144. The van der Waals surface area contributed by atoms with E-state index in [1.165, 1.54) is 7.11 Å². The molecule has 2 rings (SSSR count). The van der Waals surface area contributed by atoms with Crippen LogP contribution in [0.1, 0.15) is 22.3 Å². The molecule has 0 bridgehead atoms. The molecule has 140 valence electrons. The molecule has 2 amide bonds. The van der Waals surface area contributed by atoms with Gasteiger partial charge < -0.3 is 15.4 Å². The van der Waals surface area contributed by atoms with E-state index in [0.29, 0.717) is 5.56 Å². The lowest BCUT2D eigenvalue weighted by atomic mass is 10.1. The molecular formula is C21H22N2O4. The monoisotopic (exact) mass is 366 g/mol. The summed E-state index contributed by atoms with van der Waals surface area (Å²) in [5.74, 6) is -1.37. The van der Waals surface area contributed by atoms with Crippen LogP contribution >= 0.6 is 0 Å². The molecule has 0 unspecified atom stereocenters. The highest BCUT2D eigenvalue weighted by Gasteiger charge is 2.20. The van der Waals surface area contributed by atoms with Crippen molar-refractivity contribution in [3.05, 3.63) is 77.9 Å². The van der Waals surface area contributed by atoms with Gasteiger partial charge in [-0.1, -0.05) is 60.7 Å². The summed E-state index contributed by atoms with van der Waals surface area (Å²) in [5, 5.41) is 5.10. The van der Waals surface area contributed by atoms with E-state index in [1.54, 1.807) is 36.4 Å². The Morgan fingerprint density at radius 1 is 1.00 bits per heavy atom. The maximum atomic E-state index is 12.1. The Labute approximate surface area is 158 Å². The molecule has 6 nitrogen and oxygen atoms in total. The third-order valence-electron chi connectivity index (χ3n) is 3.75. The minimum atomic E-state index is -0.823. The second-order valence-corrected chi connectivity index (χ2v) is 5.74. The van der Waals surface area contributed by atoms with Gasteiger partial charge in [-0.15, -0.1) is 0 Å². The van der Waals surface area contributed by atoms with Crippen LogP contribution in [0.3, 0.4) is 0 Å². The van der Waals surface area contributed by atoms with Crippen molar-refractivity contribution >= 4 is 23.9 Å². The van der Waals surface area contributed by atoms with Crippen LogP contribution in [0, 0.1) is 0 Å². The maximum Gasteiger partial charge on any atom is 0.328 e. The SMILES string of the molecule is COC(=O)[C@H](C/C=C/c1ccccc1)NC(=O)CNC(=O)c1ccccc1. The Bertz CT molecular complexity index is 788. The third-order valence-corrected chi connectivity index (χ3v) is 3.75. The molecule has 6 heteroatoms. The highest BCUT2D eigenvalue weighted by atomic mass is 16.5. The Morgan fingerprint density at radius 3 is 2.26 bits per heavy atom. The van der Waals surface area contributed by atoms with Crippen molar-refractivity contribution in [1.82, 2.24) is 10.6 Å². The maximum absolute atomic E-state index is 12.1. The minimum Gasteiger partial charge on any atom is -0.467 e. The van der Waals surface area contributed by atoms with Gasteiger partial charge in [-0.25, -0.2) is 4.79 Å². The van der Waals surface area contributed by atoms with Crippen LogP contribution in [0.15, 0.2) is 66.7 Å². The Hall–Kier alpha value is -3.41. The van der Waals surface area contributed by atoms with E-state index in [4.69, 9.17) is 4.74 Å². The summed E-state index contributed by atoms with van der Waals surface area (Å²) in [4.78, 5) is 35.9. The highest BCUT2D eigenvalue weighted by Crippen LogP contribution is 2.04. The molecule has 27 heavy (non-hydrogen) atoms. The number of amides is 2. The predicted molar refractivity (Wildman–Crippen MR) is 103 cm³/mol. The summed E-state index contributed by atoms with van der Waals surface area (Å²) in [7, 11) is 1.26. The number of rotatable bonds is 8. The number of ether oxygens (including phenoxy) is 1. The molecule has 0 aliphatic rings. The molecule has 0 heterocycles. The van der Waals surface area contributed by atoms with Crippen molar-refractivity contribution in [2.24, 2.45) is 0 Å². The van der Waals surface area contributed by atoms with E-state index in [9.17, 15) is 14.4 Å². The molecule has 1 atom stereocenters. The van der Waals surface area contributed by atoms with E-state index in [1.807, 2.05) is 36.4 Å². The number of benzene rings is 2. The fourth-order valence-corrected chi connectivity index (χ4v) is 2.36. The zero-order chi connectivity index (χ0) is 19.5. The second kappa shape index (κ2) is 10.6. The summed E-state index contributed by atoms with van der Waals surface area (Å²) in [6, 6.07) is 17.4. The number of hydrogen-bond acceptors (Lipinski definition) is 4. The first-order valence-corrected chi connectivity index (χ1v) is 8.52. The van der Waals surface area contributed by atoms with Gasteiger partial charge in [0.05, 0.1) is 13.7 Å². The first-order chi connectivity index (χ1) is 13.1. The molecule has 0 spiro atoms. The minimum absolute atomic E-state index is 0.233. The van der Waals surface area contributed by atoms with Crippen LogP contribution in [-0.2, 0) is 14.3 Å². The topological polar surface area (TPSA) is 84.5 Å². The van der Waals surface area contributed by atoms with Crippen molar-refractivity contribution in [2.75, 3.05) is 13.7 Å². The summed E-state index contributed by atoms with van der Waals surface area (Å²) < 4.78 is 4.74. The van der Waals surface area contributed by atoms with E-state index in [2.05, 4.69) is 10.6 Å². The van der Waals surface area contributed by atoms with E-state index in [-0.39, 0.29) is 18.9 Å². The number of hydrogen-bond donors (Lipinski definition) is 2. The Kier molecular flexibility index (Phi) is 7.78. The number of nitrogens with one attached hydrogen (secondary N) is 2. The third kappa shape index (κ3) is 6.78. The van der Waals surface area contributed by atoms with Crippen LogP contribution in [0.4, 0.5) is 0 Å². The van der Waals surface area contributed by atoms with Gasteiger partial charge in [-0.05, 0) is 24.1 Å². The van der Waals surface area contributed by atoms with E-state index < -0.39 is 17.9 Å². The average molecular weight is 366 g/mol. The number of carbonyl (C=O) groups excluding carboxylic acids is 3. The number of methoxy groups -OCH3 is 1. The lowest BCUT2D eigenvalue weighted by Crippen LogP contribution is -2.45. The van der Waals surface area contributed by atoms with Gasteiger partial charge >= 0.3 is 5.97 Å². The van der Waals surface area contributed by atoms with Crippen LogP contribution in [0.2, 0.25) is 0 Å². The van der Waals surface area contributed by atoms with Gasteiger partial charge in [0.25, 0.3) is 5.91 Å². The molecule has 0 fully saturated rings. The molecule has 0 saturated carbocycles. The van der Waals surface area contributed by atoms with E-state index in [0.717, 1.165) is 5.56 Å². The fourth-order valence-electron chi connectivity index (χ4n) is 2.36. The summed E-state index contributed by atoms with van der Waals surface area (Å²) in [6.07, 6.45) is 3.93. The van der Waals surface area contributed by atoms with Crippen molar-refractivity contribution in [3.63, 3.8) is 0 Å². The van der Waals surface area contributed by atoms with Crippen molar-refractivity contribution in [1.29, 1.82) is 0 Å². The van der Waals surface area contributed by atoms with Gasteiger partial charge in [-0.3, -0.25) is 9.59 Å². The molecule has 0 aromatic heterocycles. The second-order valence-electron chi connectivity index (χ2n) is 5.74. The summed E-state index contributed by atoms with van der Waals surface area (Å²) >= 11 is 0. The molecule has 2 aromatic carbocycles. The zero-order valence-electron chi connectivity index (χ0n) is 15.1. The van der Waals surface area contributed by atoms with Crippen molar-refractivity contribution in [2.45, 2.75) is 12.5 Å². The number of carbonyl (C=O) groups is 3. The molecule has 0 saturated heterocycles. The predicted octanol–water partition coefficient (Wildman–Crippen LogP) is 2.18. The van der Waals surface area contributed by atoms with Gasteiger partial charge in [0, 0.05) is 5.56 Å². The summed E-state index contributed by atoms with van der Waals surface area (Å²) in [5.41, 5.74) is 1.45. The lowest BCUT2D eigenvalue weighted by Gasteiger charge is -2.15.